The molecule has 6 nitrogen and oxygen atoms in total. The van der Waals surface area contributed by atoms with Gasteiger partial charge in [0.05, 0.1) is 30.1 Å². The van der Waals surface area contributed by atoms with Gasteiger partial charge in [-0.1, -0.05) is 11.8 Å². The Hall–Kier alpha value is -3.57. The summed E-state index contributed by atoms with van der Waals surface area (Å²) >= 11 is 0. The number of rotatable bonds is 4. The van der Waals surface area contributed by atoms with E-state index in [9.17, 15) is 14.0 Å². The fourth-order valence-corrected chi connectivity index (χ4v) is 2.65. The van der Waals surface area contributed by atoms with E-state index in [-0.39, 0.29) is 13.0 Å². The van der Waals surface area contributed by atoms with Crippen molar-refractivity contribution >= 4 is 5.70 Å². The van der Waals surface area contributed by atoms with Crippen molar-refractivity contribution in [3.05, 3.63) is 93.1 Å². The summed E-state index contributed by atoms with van der Waals surface area (Å²) in [5.41, 5.74) is 3.62. The summed E-state index contributed by atoms with van der Waals surface area (Å²) < 4.78 is 15.2. The maximum Gasteiger partial charge on any atom is 0.321 e. The fraction of sp³-hybridized carbons (Fsp3) is 0.105. The van der Waals surface area contributed by atoms with E-state index in [0.717, 1.165) is 15.8 Å². The Morgan fingerprint density at radius 3 is 2.58 bits per heavy atom. The van der Waals surface area contributed by atoms with Crippen molar-refractivity contribution in [2.45, 2.75) is 13.0 Å². The summed E-state index contributed by atoms with van der Waals surface area (Å²) in [7, 11) is 0. The number of halogens is 1. The van der Waals surface area contributed by atoms with Crippen molar-refractivity contribution in [1.29, 1.82) is 0 Å². The van der Waals surface area contributed by atoms with E-state index in [0.29, 0.717) is 11.4 Å². The Morgan fingerprint density at radius 2 is 1.92 bits per heavy atom. The van der Waals surface area contributed by atoms with Gasteiger partial charge in [0.1, 0.15) is 0 Å². The molecule has 0 amide bonds. The minimum atomic E-state index is -0.729. The normalized spacial score (nSPS) is 13.0. The average Bonchev–Trinajstić information content (AvgIpc) is 2.65. The molecule has 3 aromatic rings. The molecule has 1 aliphatic carbocycles. The van der Waals surface area contributed by atoms with Crippen LogP contribution in [0.4, 0.5) is 4.39 Å². The third kappa shape index (κ3) is 2.92. The molecule has 0 aromatic carbocycles. The van der Waals surface area contributed by atoms with Gasteiger partial charge in [-0.2, -0.15) is 0 Å². The zero-order chi connectivity index (χ0) is 18.1. The van der Waals surface area contributed by atoms with Crippen LogP contribution in [-0.4, -0.2) is 19.1 Å². The Labute approximate surface area is 147 Å². The van der Waals surface area contributed by atoms with Crippen molar-refractivity contribution in [3.8, 4) is 11.3 Å². The highest BCUT2D eigenvalue weighted by atomic mass is 19.1. The van der Waals surface area contributed by atoms with Crippen molar-refractivity contribution in [2.24, 2.45) is 0 Å². The van der Waals surface area contributed by atoms with E-state index in [2.05, 4.69) is 15.7 Å². The van der Waals surface area contributed by atoms with Crippen LogP contribution in [0.2, 0.25) is 0 Å². The fourth-order valence-electron chi connectivity index (χ4n) is 2.65. The summed E-state index contributed by atoms with van der Waals surface area (Å²) in [4.78, 5) is 33.0. The lowest BCUT2D eigenvalue weighted by Gasteiger charge is -2.13. The predicted molar refractivity (Wildman–Crippen MR) is 94.0 cm³/mol. The van der Waals surface area contributed by atoms with E-state index in [4.69, 9.17) is 0 Å². The number of nitrogens with zero attached hydrogens (tertiary/aromatic N) is 4. The van der Waals surface area contributed by atoms with E-state index in [1.807, 2.05) is 24.3 Å². The molecule has 0 aliphatic heterocycles. The summed E-state index contributed by atoms with van der Waals surface area (Å²) in [5, 5.41) is 0. The molecule has 0 saturated heterocycles. The summed E-state index contributed by atoms with van der Waals surface area (Å²) in [6.07, 6.45) is 6.33. The minimum absolute atomic E-state index is 0.0138. The summed E-state index contributed by atoms with van der Waals surface area (Å²) in [5.74, 6) is -0.423. The quantitative estimate of drug-likeness (QED) is 0.535. The molecule has 128 valence electrons. The second-order valence-corrected chi connectivity index (χ2v) is 5.81. The molecule has 3 aromatic heterocycles. The van der Waals surface area contributed by atoms with Crippen LogP contribution >= 0.6 is 0 Å². The highest BCUT2D eigenvalue weighted by Crippen LogP contribution is 2.22. The SMILES string of the molecule is O=c1c(=O)n(C2=C=C(F)C2)ccn1Cc1ccc(-c2ccccn2)cn1. The monoisotopic (exact) mass is 348 g/mol. The molecule has 0 bridgehead atoms. The van der Waals surface area contributed by atoms with Gasteiger partial charge in [-0.15, -0.1) is 0 Å². The van der Waals surface area contributed by atoms with Crippen molar-refractivity contribution in [1.82, 2.24) is 19.1 Å². The third-order valence-electron chi connectivity index (χ3n) is 4.07. The van der Waals surface area contributed by atoms with Gasteiger partial charge in [-0.25, -0.2) is 4.39 Å². The molecule has 3 heterocycles. The first-order valence-electron chi connectivity index (χ1n) is 7.95. The van der Waals surface area contributed by atoms with Crippen molar-refractivity contribution < 1.29 is 4.39 Å². The lowest BCUT2D eigenvalue weighted by molar-refractivity contribution is 0.599. The largest absolute Gasteiger partial charge is 0.321 e. The summed E-state index contributed by atoms with van der Waals surface area (Å²) in [6.45, 7) is 0.167. The molecule has 1 aliphatic rings. The van der Waals surface area contributed by atoms with Crippen LogP contribution in [0.3, 0.4) is 0 Å². The van der Waals surface area contributed by atoms with Gasteiger partial charge in [0, 0.05) is 30.4 Å². The predicted octanol–water partition coefficient (Wildman–Crippen LogP) is 2.21. The van der Waals surface area contributed by atoms with E-state index in [1.165, 1.54) is 17.0 Å². The Bertz CT molecular complexity index is 1150. The highest BCUT2D eigenvalue weighted by Gasteiger charge is 2.16. The molecule has 26 heavy (non-hydrogen) atoms. The Balaban J connectivity index is 1.60. The Kier molecular flexibility index (Phi) is 3.91. The van der Waals surface area contributed by atoms with Crippen LogP contribution in [-0.2, 0) is 6.54 Å². The van der Waals surface area contributed by atoms with E-state index >= 15 is 0 Å². The topological polar surface area (TPSA) is 69.8 Å². The minimum Gasteiger partial charge on any atom is -0.303 e. The average molecular weight is 348 g/mol. The number of hydrogen-bond acceptors (Lipinski definition) is 4. The van der Waals surface area contributed by atoms with Crippen LogP contribution < -0.4 is 11.1 Å². The van der Waals surface area contributed by atoms with Crippen LogP contribution in [0.15, 0.2) is 76.3 Å². The van der Waals surface area contributed by atoms with Gasteiger partial charge in [0.15, 0.2) is 5.83 Å². The van der Waals surface area contributed by atoms with Gasteiger partial charge in [0.25, 0.3) is 0 Å². The van der Waals surface area contributed by atoms with Gasteiger partial charge in [-0.3, -0.25) is 24.1 Å². The van der Waals surface area contributed by atoms with Crippen LogP contribution in [0.25, 0.3) is 17.0 Å². The maximum absolute atomic E-state index is 12.8. The smallest absolute Gasteiger partial charge is 0.303 e. The van der Waals surface area contributed by atoms with Crippen LogP contribution in [0, 0.1) is 0 Å². The molecule has 7 heteroatoms. The first kappa shape index (κ1) is 15.9. The van der Waals surface area contributed by atoms with Crippen molar-refractivity contribution in [2.75, 3.05) is 0 Å². The van der Waals surface area contributed by atoms with Gasteiger partial charge < -0.3 is 4.57 Å². The Morgan fingerprint density at radius 1 is 1.08 bits per heavy atom. The van der Waals surface area contributed by atoms with Gasteiger partial charge >= 0.3 is 11.1 Å². The molecule has 4 rings (SSSR count). The van der Waals surface area contributed by atoms with E-state index in [1.54, 1.807) is 18.5 Å². The van der Waals surface area contributed by atoms with Gasteiger partial charge in [0.2, 0.25) is 0 Å². The number of aromatic nitrogens is 4. The lowest BCUT2D eigenvalue weighted by atomic mass is 10.2. The van der Waals surface area contributed by atoms with Crippen LogP contribution in [0.5, 0.6) is 0 Å². The standard InChI is InChI=1S/C19H13FN4O2/c20-14-9-16(10-14)24-8-7-23(18(25)19(24)26)12-15-5-4-13(11-22-15)17-3-1-2-6-21-17/h1-8,11H,9,12H2. The zero-order valence-corrected chi connectivity index (χ0v) is 13.6. The zero-order valence-electron chi connectivity index (χ0n) is 13.6. The molecule has 0 atom stereocenters. The van der Waals surface area contributed by atoms with Crippen molar-refractivity contribution in [3.63, 3.8) is 0 Å². The molecule has 0 N–H and O–H groups in total. The van der Waals surface area contributed by atoms with Crippen LogP contribution in [0.1, 0.15) is 12.1 Å². The second kappa shape index (κ2) is 6.38. The summed E-state index contributed by atoms with van der Waals surface area (Å²) in [6, 6.07) is 9.26. The second-order valence-electron chi connectivity index (χ2n) is 5.81. The third-order valence-corrected chi connectivity index (χ3v) is 4.07. The molecule has 0 radical (unpaired) electrons. The number of allylic oxidation sites excluding steroid dienone is 1. The lowest BCUT2D eigenvalue weighted by Crippen LogP contribution is -2.40. The number of hydrogen-bond donors (Lipinski definition) is 0. The molecule has 0 unspecified atom stereocenters. The molecule has 0 saturated carbocycles. The van der Waals surface area contributed by atoms with E-state index < -0.39 is 16.9 Å². The first-order valence-corrected chi connectivity index (χ1v) is 7.95. The molecular weight excluding hydrogens is 335 g/mol. The maximum atomic E-state index is 12.8. The van der Waals surface area contributed by atoms with Gasteiger partial charge in [-0.05, 0) is 24.3 Å². The molecule has 0 fully saturated rings. The first-order chi connectivity index (χ1) is 12.6. The highest BCUT2D eigenvalue weighted by molar-refractivity contribution is 5.57. The molecular formula is C19H13FN4O2. The number of pyridine rings is 2. The molecule has 0 spiro atoms.